The molecule has 0 aromatic rings. The predicted octanol–water partition coefficient (Wildman–Crippen LogP) is 1.09. The van der Waals surface area contributed by atoms with Gasteiger partial charge in [-0.05, 0) is 31.8 Å². The molecule has 1 fully saturated rings. The summed E-state index contributed by atoms with van der Waals surface area (Å²) in [6, 6.07) is 0. The quantitative estimate of drug-likeness (QED) is 0.682. The fraction of sp³-hybridized carbons (Fsp3) is 0.846. The van der Waals surface area contributed by atoms with Crippen molar-refractivity contribution in [2.24, 2.45) is 5.92 Å². The molecule has 18 heavy (non-hydrogen) atoms. The summed E-state index contributed by atoms with van der Waals surface area (Å²) in [6.45, 7) is 5.45. The molecule has 0 aromatic carbocycles. The van der Waals surface area contributed by atoms with Gasteiger partial charge in [-0.2, -0.15) is 0 Å². The van der Waals surface area contributed by atoms with E-state index < -0.39 is 5.97 Å². The molecule has 0 spiro atoms. The van der Waals surface area contributed by atoms with Crippen LogP contribution in [0.15, 0.2) is 0 Å². The Morgan fingerprint density at radius 3 is 2.56 bits per heavy atom. The summed E-state index contributed by atoms with van der Waals surface area (Å²) >= 11 is 0. The first-order chi connectivity index (χ1) is 8.61. The fourth-order valence-electron chi connectivity index (χ4n) is 2.22. The summed E-state index contributed by atoms with van der Waals surface area (Å²) in [5.74, 6) is -0.725. The number of carbonyl (C=O) groups is 2. The third kappa shape index (κ3) is 6.00. The maximum atomic E-state index is 11.6. The first-order valence-electron chi connectivity index (χ1n) is 6.82. The summed E-state index contributed by atoms with van der Waals surface area (Å²) < 4.78 is 0. The van der Waals surface area contributed by atoms with Gasteiger partial charge in [-0.15, -0.1) is 0 Å². The van der Waals surface area contributed by atoms with E-state index in [1.807, 2.05) is 6.92 Å². The van der Waals surface area contributed by atoms with E-state index in [-0.39, 0.29) is 18.2 Å². The number of hydrogen-bond donors (Lipinski definition) is 2. The van der Waals surface area contributed by atoms with Gasteiger partial charge in [0.2, 0.25) is 5.91 Å². The molecule has 1 unspecified atom stereocenters. The van der Waals surface area contributed by atoms with Gasteiger partial charge in [0.15, 0.2) is 0 Å². The molecule has 0 saturated carbocycles. The Kier molecular flexibility index (Phi) is 6.72. The standard InChI is InChI=1S/C13H24N2O3/c1-2-11(9-13(17)18)10-14-12(16)5-8-15-6-3-4-7-15/h11H,2-10H2,1H3,(H,14,16)(H,17,18). The number of aliphatic carboxylic acids is 1. The lowest BCUT2D eigenvalue weighted by molar-refractivity contribution is -0.138. The van der Waals surface area contributed by atoms with Crippen LogP contribution in [0.3, 0.4) is 0 Å². The molecule has 1 aliphatic heterocycles. The van der Waals surface area contributed by atoms with E-state index in [4.69, 9.17) is 5.11 Å². The molecule has 0 bridgehead atoms. The number of hydrogen-bond acceptors (Lipinski definition) is 3. The molecular formula is C13H24N2O3. The normalized spacial score (nSPS) is 17.6. The maximum Gasteiger partial charge on any atom is 0.303 e. The number of carboxylic acid groups (broad SMARTS) is 1. The molecule has 5 heteroatoms. The Hall–Kier alpha value is -1.10. The second kappa shape index (κ2) is 8.08. The predicted molar refractivity (Wildman–Crippen MR) is 69.3 cm³/mol. The van der Waals surface area contributed by atoms with Crippen molar-refractivity contribution < 1.29 is 14.7 Å². The molecular weight excluding hydrogens is 232 g/mol. The van der Waals surface area contributed by atoms with Crippen molar-refractivity contribution in [1.29, 1.82) is 0 Å². The smallest absolute Gasteiger partial charge is 0.303 e. The van der Waals surface area contributed by atoms with Crippen LogP contribution in [0.1, 0.15) is 39.0 Å². The lowest BCUT2D eigenvalue weighted by Crippen LogP contribution is -2.33. The second-order valence-electron chi connectivity index (χ2n) is 4.97. The molecule has 0 aliphatic carbocycles. The molecule has 1 amide bonds. The van der Waals surface area contributed by atoms with E-state index in [2.05, 4.69) is 10.2 Å². The van der Waals surface area contributed by atoms with Crippen LogP contribution in [0.5, 0.6) is 0 Å². The van der Waals surface area contributed by atoms with Crippen LogP contribution in [0.2, 0.25) is 0 Å². The summed E-state index contributed by atoms with van der Waals surface area (Å²) in [5.41, 5.74) is 0. The van der Waals surface area contributed by atoms with E-state index in [0.717, 1.165) is 26.1 Å². The van der Waals surface area contributed by atoms with Crippen LogP contribution < -0.4 is 5.32 Å². The SMILES string of the molecule is CCC(CNC(=O)CCN1CCCC1)CC(=O)O. The minimum absolute atomic E-state index is 0.0331. The van der Waals surface area contributed by atoms with Crippen LogP contribution in [0.25, 0.3) is 0 Å². The highest BCUT2D eigenvalue weighted by Crippen LogP contribution is 2.08. The highest BCUT2D eigenvalue weighted by Gasteiger charge is 2.15. The molecule has 1 heterocycles. The monoisotopic (exact) mass is 256 g/mol. The van der Waals surface area contributed by atoms with Gasteiger partial charge in [-0.3, -0.25) is 9.59 Å². The molecule has 2 N–H and O–H groups in total. The molecule has 1 rings (SSSR count). The topological polar surface area (TPSA) is 69.6 Å². The van der Waals surface area contributed by atoms with Crippen molar-refractivity contribution in [2.45, 2.75) is 39.0 Å². The van der Waals surface area contributed by atoms with Gasteiger partial charge in [0, 0.05) is 25.9 Å². The average Bonchev–Trinajstić information content (AvgIpc) is 2.84. The van der Waals surface area contributed by atoms with Gasteiger partial charge in [-0.25, -0.2) is 0 Å². The highest BCUT2D eigenvalue weighted by molar-refractivity contribution is 5.76. The number of amides is 1. The zero-order chi connectivity index (χ0) is 13.4. The zero-order valence-corrected chi connectivity index (χ0v) is 11.2. The first kappa shape index (κ1) is 15.0. The van der Waals surface area contributed by atoms with Crippen LogP contribution in [-0.2, 0) is 9.59 Å². The van der Waals surface area contributed by atoms with Crippen molar-refractivity contribution in [3.05, 3.63) is 0 Å². The molecule has 1 aliphatic rings. The number of rotatable bonds is 8. The summed E-state index contributed by atoms with van der Waals surface area (Å²) in [5, 5.41) is 11.5. The van der Waals surface area contributed by atoms with Gasteiger partial charge in [0.05, 0.1) is 0 Å². The van der Waals surface area contributed by atoms with Gasteiger partial charge in [0.1, 0.15) is 0 Å². The number of carboxylic acids is 1. The van der Waals surface area contributed by atoms with Crippen molar-refractivity contribution in [3.8, 4) is 0 Å². The Labute approximate surface area is 109 Å². The Morgan fingerprint density at radius 1 is 1.33 bits per heavy atom. The van der Waals surface area contributed by atoms with Gasteiger partial charge >= 0.3 is 5.97 Å². The zero-order valence-electron chi connectivity index (χ0n) is 11.2. The number of nitrogens with one attached hydrogen (secondary N) is 1. The summed E-state index contributed by atoms with van der Waals surface area (Å²) in [6.07, 6.45) is 3.89. The van der Waals surface area contributed by atoms with Crippen molar-refractivity contribution >= 4 is 11.9 Å². The molecule has 0 radical (unpaired) electrons. The van der Waals surface area contributed by atoms with Gasteiger partial charge < -0.3 is 15.3 Å². The Morgan fingerprint density at radius 2 is 2.00 bits per heavy atom. The fourth-order valence-corrected chi connectivity index (χ4v) is 2.22. The van der Waals surface area contributed by atoms with E-state index in [1.165, 1.54) is 12.8 Å². The average molecular weight is 256 g/mol. The summed E-state index contributed by atoms with van der Waals surface area (Å²) in [7, 11) is 0. The number of carbonyl (C=O) groups excluding carboxylic acids is 1. The van der Waals surface area contributed by atoms with Crippen molar-refractivity contribution in [2.75, 3.05) is 26.2 Å². The Balaban J connectivity index is 2.12. The first-order valence-corrected chi connectivity index (χ1v) is 6.82. The van der Waals surface area contributed by atoms with E-state index >= 15 is 0 Å². The van der Waals surface area contributed by atoms with Crippen LogP contribution in [0.4, 0.5) is 0 Å². The van der Waals surface area contributed by atoms with Gasteiger partial charge in [-0.1, -0.05) is 13.3 Å². The maximum absolute atomic E-state index is 11.6. The number of nitrogens with zero attached hydrogens (tertiary/aromatic N) is 1. The molecule has 1 atom stereocenters. The van der Waals surface area contributed by atoms with Gasteiger partial charge in [0.25, 0.3) is 0 Å². The third-order valence-electron chi connectivity index (χ3n) is 3.48. The van der Waals surface area contributed by atoms with Crippen molar-refractivity contribution in [3.63, 3.8) is 0 Å². The van der Waals surface area contributed by atoms with E-state index in [1.54, 1.807) is 0 Å². The highest BCUT2D eigenvalue weighted by atomic mass is 16.4. The minimum atomic E-state index is -0.798. The molecule has 104 valence electrons. The largest absolute Gasteiger partial charge is 0.481 e. The third-order valence-corrected chi connectivity index (χ3v) is 3.48. The molecule has 0 aromatic heterocycles. The lowest BCUT2D eigenvalue weighted by Gasteiger charge is -2.16. The number of likely N-dealkylation sites (tertiary alicyclic amines) is 1. The minimum Gasteiger partial charge on any atom is -0.481 e. The molecule has 1 saturated heterocycles. The summed E-state index contributed by atoms with van der Waals surface area (Å²) in [4.78, 5) is 24.5. The lowest BCUT2D eigenvalue weighted by atomic mass is 10.0. The van der Waals surface area contributed by atoms with Crippen LogP contribution in [-0.4, -0.2) is 48.1 Å². The van der Waals surface area contributed by atoms with Crippen LogP contribution >= 0.6 is 0 Å². The van der Waals surface area contributed by atoms with E-state index in [9.17, 15) is 9.59 Å². The Bertz CT molecular complexity index is 275. The van der Waals surface area contributed by atoms with Crippen LogP contribution in [0, 0.1) is 5.92 Å². The van der Waals surface area contributed by atoms with Crippen molar-refractivity contribution in [1.82, 2.24) is 10.2 Å². The van der Waals surface area contributed by atoms with E-state index in [0.29, 0.717) is 13.0 Å². The second-order valence-corrected chi connectivity index (χ2v) is 4.97. The molecule has 5 nitrogen and oxygen atoms in total.